The molecule has 0 spiro atoms. The molecule has 1 aromatic rings. The van der Waals surface area contributed by atoms with Gasteiger partial charge in [0.15, 0.2) is 0 Å². The smallest absolute Gasteiger partial charge is 0.242 e. The Morgan fingerprint density at radius 3 is 2.65 bits per heavy atom. The van der Waals surface area contributed by atoms with Crippen LogP contribution < -0.4 is 15.8 Å². The molecule has 0 aliphatic carbocycles. The van der Waals surface area contributed by atoms with Crippen LogP contribution in [0.5, 0.6) is 0 Å². The Labute approximate surface area is 119 Å². The largest absolute Gasteiger partial charge is 0.398 e. The zero-order chi connectivity index (χ0) is 14.6. The van der Waals surface area contributed by atoms with Crippen molar-refractivity contribution in [1.29, 1.82) is 0 Å². The van der Waals surface area contributed by atoms with Gasteiger partial charge in [0, 0.05) is 25.4 Å². The van der Waals surface area contributed by atoms with Crippen molar-refractivity contribution in [2.75, 3.05) is 37.9 Å². The molecule has 1 aromatic carbocycles. The van der Waals surface area contributed by atoms with Crippen LogP contribution in [0.3, 0.4) is 0 Å². The van der Waals surface area contributed by atoms with Crippen molar-refractivity contribution in [2.45, 2.75) is 17.7 Å². The van der Waals surface area contributed by atoms with Crippen molar-refractivity contribution in [1.82, 2.24) is 4.72 Å². The van der Waals surface area contributed by atoms with Crippen molar-refractivity contribution >= 4 is 21.4 Å². The molecule has 0 atom stereocenters. The predicted molar refractivity (Wildman–Crippen MR) is 79.1 cm³/mol. The first-order chi connectivity index (χ1) is 9.53. The van der Waals surface area contributed by atoms with Gasteiger partial charge in [-0.15, -0.1) is 0 Å². The minimum Gasteiger partial charge on any atom is -0.398 e. The van der Waals surface area contributed by atoms with Gasteiger partial charge in [0.25, 0.3) is 0 Å². The average Bonchev–Trinajstić information content (AvgIpc) is 2.46. The van der Waals surface area contributed by atoms with Gasteiger partial charge in [-0.3, -0.25) is 0 Å². The van der Waals surface area contributed by atoms with Gasteiger partial charge < -0.3 is 15.8 Å². The molecule has 7 heteroatoms. The Bertz CT molecular complexity index is 554. The summed E-state index contributed by atoms with van der Waals surface area (Å²) < 4.78 is 31.0. The topological polar surface area (TPSA) is 93.5 Å². The minimum atomic E-state index is -3.50. The first-order valence-electron chi connectivity index (χ1n) is 6.67. The highest BCUT2D eigenvalue weighted by atomic mass is 32.2. The number of anilines is 2. The lowest BCUT2D eigenvalue weighted by Gasteiger charge is -2.22. The summed E-state index contributed by atoms with van der Waals surface area (Å²) in [4.78, 5) is 0.108. The van der Waals surface area contributed by atoms with Gasteiger partial charge in [-0.25, -0.2) is 13.1 Å². The van der Waals surface area contributed by atoms with Crippen LogP contribution >= 0.6 is 0 Å². The molecule has 0 saturated carbocycles. The fraction of sp³-hybridized carbons (Fsp3) is 0.538. The summed E-state index contributed by atoms with van der Waals surface area (Å²) in [6, 6.07) is 4.91. The highest BCUT2D eigenvalue weighted by Gasteiger charge is 2.16. The summed E-state index contributed by atoms with van der Waals surface area (Å²) in [5.74, 6) is 0.589. The summed E-state index contributed by atoms with van der Waals surface area (Å²) in [5, 5.41) is 3.30. The highest BCUT2D eigenvalue weighted by molar-refractivity contribution is 7.89. The number of ether oxygens (including phenoxy) is 1. The molecule has 0 bridgehead atoms. The molecule has 2 rings (SSSR count). The fourth-order valence-electron chi connectivity index (χ4n) is 2.23. The summed E-state index contributed by atoms with van der Waals surface area (Å²) in [6.07, 6.45) is 2.10. The maximum Gasteiger partial charge on any atom is 0.242 e. The predicted octanol–water partition coefficient (Wildman–Crippen LogP) is 1.02. The van der Waals surface area contributed by atoms with Crippen molar-refractivity contribution in [2.24, 2.45) is 5.92 Å². The van der Waals surface area contributed by atoms with Gasteiger partial charge in [0.2, 0.25) is 10.0 Å². The Hall–Kier alpha value is -1.31. The molecule has 1 saturated heterocycles. The van der Waals surface area contributed by atoms with Gasteiger partial charge in [0.1, 0.15) is 4.90 Å². The molecule has 0 aromatic heterocycles. The summed E-state index contributed by atoms with van der Waals surface area (Å²) in [5.41, 5.74) is 6.90. The van der Waals surface area contributed by atoms with E-state index >= 15 is 0 Å². The Morgan fingerprint density at radius 2 is 2.05 bits per heavy atom. The third kappa shape index (κ3) is 3.62. The fourth-order valence-corrected chi connectivity index (χ4v) is 3.06. The maximum atomic E-state index is 11.7. The molecule has 6 nitrogen and oxygen atoms in total. The second-order valence-corrected chi connectivity index (χ2v) is 6.75. The lowest BCUT2D eigenvalue weighted by molar-refractivity contribution is 0.0699. The Kier molecular flexibility index (Phi) is 4.85. The lowest BCUT2D eigenvalue weighted by atomic mass is 10.0. The maximum absolute atomic E-state index is 11.7. The Balaban J connectivity index is 2.02. The number of benzene rings is 1. The molecule has 20 heavy (non-hydrogen) atoms. The monoisotopic (exact) mass is 299 g/mol. The number of hydrogen-bond acceptors (Lipinski definition) is 5. The van der Waals surface area contributed by atoms with Crippen molar-refractivity contribution in [3.63, 3.8) is 0 Å². The van der Waals surface area contributed by atoms with E-state index in [1.165, 1.54) is 13.1 Å². The van der Waals surface area contributed by atoms with E-state index in [2.05, 4.69) is 10.0 Å². The van der Waals surface area contributed by atoms with Crippen LogP contribution in [0.2, 0.25) is 0 Å². The lowest BCUT2D eigenvalue weighted by Crippen LogP contribution is -2.23. The third-order valence-corrected chi connectivity index (χ3v) is 4.99. The van der Waals surface area contributed by atoms with E-state index < -0.39 is 10.0 Å². The van der Waals surface area contributed by atoms with Gasteiger partial charge >= 0.3 is 0 Å². The molecule has 1 aliphatic rings. The number of rotatable bonds is 5. The highest BCUT2D eigenvalue weighted by Crippen LogP contribution is 2.23. The zero-order valence-corrected chi connectivity index (χ0v) is 12.4. The SMILES string of the molecule is CNS(=O)(=O)c1ccc(NCC2CCOCC2)cc1N. The summed E-state index contributed by atoms with van der Waals surface area (Å²) in [7, 11) is -2.13. The average molecular weight is 299 g/mol. The summed E-state index contributed by atoms with van der Waals surface area (Å²) in [6.45, 7) is 2.47. The van der Waals surface area contributed by atoms with Gasteiger partial charge in [-0.1, -0.05) is 0 Å². The zero-order valence-electron chi connectivity index (χ0n) is 11.6. The van der Waals surface area contributed by atoms with Crippen molar-refractivity contribution in [3.8, 4) is 0 Å². The number of sulfonamides is 1. The molecule has 112 valence electrons. The second-order valence-electron chi connectivity index (χ2n) is 4.90. The van der Waals surface area contributed by atoms with Crippen LogP contribution in [0.25, 0.3) is 0 Å². The van der Waals surface area contributed by atoms with Crippen molar-refractivity contribution in [3.05, 3.63) is 18.2 Å². The molecular weight excluding hydrogens is 278 g/mol. The van der Waals surface area contributed by atoms with Crippen LogP contribution in [0.4, 0.5) is 11.4 Å². The molecule has 1 fully saturated rings. The standard InChI is InChI=1S/C13H21N3O3S/c1-15-20(17,18)13-3-2-11(8-12(13)14)16-9-10-4-6-19-7-5-10/h2-3,8,10,15-16H,4-7,9,14H2,1H3. The summed E-state index contributed by atoms with van der Waals surface area (Å²) >= 11 is 0. The molecule has 0 amide bonds. The minimum absolute atomic E-state index is 0.108. The Morgan fingerprint density at radius 1 is 1.35 bits per heavy atom. The van der Waals surface area contributed by atoms with E-state index in [1.807, 2.05) is 0 Å². The normalized spacial score (nSPS) is 17.1. The van der Waals surface area contributed by atoms with Crippen LogP contribution in [0.15, 0.2) is 23.1 Å². The molecule has 1 heterocycles. The molecule has 0 unspecified atom stereocenters. The van der Waals surface area contributed by atoms with Gasteiger partial charge in [-0.2, -0.15) is 0 Å². The van der Waals surface area contributed by atoms with E-state index in [0.29, 0.717) is 5.92 Å². The van der Waals surface area contributed by atoms with Gasteiger partial charge in [0.05, 0.1) is 5.69 Å². The van der Waals surface area contributed by atoms with E-state index in [1.54, 1.807) is 12.1 Å². The molecular formula is C13H21N3O3S. The first-order valence-corrected chi connectivity index (χ1v) is 8.16. The quantitative estimate of drug-likeness (QED) is 0.706. The van der Waals surface area contributed by atoms with E-state index in [4.69, 9.17) is 10.5 Å². The first kappa shape index (κ1) is 15.1. The van der Waals surface area contributed by atoms with Crippen molar-refractivity contribution < 1.29 is 13.2 Å². The van der Waals surface area contributed by atoms with E-state index in [0.717, 1.165) is 38.3 Å². The molecule has 1 aliphatic heterocycles. The van der Waals surface area contributed by atoms with Crippen LogP contribution in [-0.4, -0.2) is 35.2 Å². The molecule has 4 N–H and O–H groups in total. The van der Waals surface area contributed by atoms with Crippen LogP contribution in [0, 0.1) is 5.92 Å². The van der Waals surface area contributed by atoms with E-state index in [-0.39, 0.29) is 10.6 Å². The molecule has 0 radical (unpaired) electrons. The third-order valence-electron chi connectivity index (χ3n) is 3.50. The number of nitrogens with one attached hydrogen (secondary N) is 2. The second kappa shape index (κ2) is 6.43. The van der Waals surface area contributed by atoms with Gasteiger partial charge in [-0.05, 0) is 44.0 Å². The number of hydrogen-bond donors (Lipinski definition) is 3. The van der Waals surface area contributed by atoms with Crippen LogP contribution in [-0.2, 0) is 14.8 Å². The number of nitrogens with two attached hydrogens (primary N) is 1. The number of nitrogen functional groups attached to an aromatic ring is 1. The van der Waals surface area contributed by atoms with Crippen LogP contribution in [0.1, 0.15) is 12.8 Å². The van der Waals surface area contributed by atoms with E-state index in [9.17, 15) is 8.42 Å².